The number of halogens is 1. The van der Waals surface area contributed by atoms with Crippen LogP contribution < -0.4 is 5.32 Å². The number of hydrogen-bond donors (Lipinski definition) is 1. The number of nitrogens with zero attached hydrogens (tertiary/aromatic N) is 2. The van der Waals surface area contributed by atoms with Gasteiger partial charge in [0.1, 0.15) is 6.04 Å². The van der Waals surface area contributed by atoms with Crippen molar-refractivity contribution in [3.05, 3.63) is 40.4 Å². The molecular formula is C18H20ClN3O5S2. The molecule has 1 amide bonds. The van der Waals surface area contributed by atoms with Gasteiger partial charge in [0.05, 0.1) is 23.6 Å². The van der Waals surface area contributed by atoms with Crippen LogP contribution in [0.25, 0.3) is 0 Å². The number of carbonyl (C=O) groups excluding carboxylic acids is 2. The van der Waals surface area contributed by atoms with E-state index in [1.165, 1.54) is 39.9 Å². The van der Waals surface area contributed by atoms with Crippen molar-refractivity contribution < 1.29 is 22.7 Å². The van der Waals surface area contributed by atoms with Gasteiger partial charge in [-0.25, -0.2) is 13.4 Å². The normalized spacial score (nSPS) is 17.2. The maximum absolute atomic E-state index is 12.9. The Morgan fingerprint density at radius 3 is 2.76 bits per heavy atom. The SMILES string of the molecule is CCOC(=O)Cc1csc(NC(=O)C2CCCN2S(=O)(=O)c2ccc(Cl)cc2)n1. The summed E-state index contributed by atoms with van der Waals surface area (Å²) >= 11 is 7.00. The van der Waals surface area contributed by atoms with Crippen molar-refractivity contribution in [2.75, 3.05) is 18.5 Å². The molecule has 1 aromatic heterocycles. The van der Waals surface area contributed by atoms with Crippen molar-refractivity contribution >= 4 is 50.0 Å². The van der Waals surface area contributed by atoms with Gasteiger partial charge in [0.2, 0.25) is 15.9 Å². The number of anilines is 1. The van der Waals surface area contributed by atoms with E-state index in [1.807, 2.05) is 0 Å². The van der Waals surface area contributed by atoms with Gasteiger partial charge in [-0.3, -0.25) is 9.59 Å². The maximum atomic E-state index is 12.9. The summed E-state index contributed by atoms with van der Waals surface area (Å²) in [6.45, 7) is 2.26. The minimum atomic E-state index is -3.82. The van der Waals surface area contributed by atoms with Gasteiger partial charge < -0.3 is 10.1 Å². The van der Waals surface area contributed by atoms with Crippen molar-refractivity contribution in [2.45, 2.75) is 37.1 Å². The summed E-state index contributed by atoms with van der Waals surface area (Å²) in [7, 11) is -3.82. The summed E-state index contributed by atoms with van der Waals surface area (Å²) in [6, 6.07) is 5.02. The number of esters is 1. The first-order chi connectivity index (χ1) is 13.8. The van der Waals surface area contributed by atoms with Gasteiger partial charge in [0.25, 0.3) is 0 Å². The third-order valence-corrected chi connectivity index (χ3v) is 7.32. The zero-order chi connectivity index (χ0) is 21.0. The Morgan fingerprint density at radius 2 is 2.07 bits per heavy atom. The lowest BCUT2D eigenvalue weighted by Crippen LogP contribution is -2.43. The van der Waals surface area contributed by atoms with Crippen LogP contribution in [-0.4, -0.2) is 48.8 Å². The van der Waals surface area contributed by atoms with Gasteiger partial charge in [0, 0.05) is 16.9 Å². The fourth-order valence-electron chi connectivity index (χ4n) is 3.03. The number of amides is 1. The first-order valence-corrected chi connectivity index (χ1v) is 11.7. The minimum Gasteiger partial charge on any atom is -0.466 e. The Bertz CT molecular complexity index is 991. The molecule has 2 heterocycles. The topological polar surface area (TPSA) is 106 Å². The van der Waals surface area contributed by atoms with E-state index in [-0.39, 0.29) is 24.5 Å². The summed E-state index contributed by atoms with van der Waals surface area (Å²) < 4.78 is 32.0. The number of sulfonamides is 1. The molecule has 3 rings (SSSR count). The van der Waals surface area contributed by atoms with Crippen LogP contribution in [0.2, 0.25) is 5.02 Å². The fourth-order valence-corrected chi connectivity index (χ4v) is 5.52. The van der Waals surface area contributed by atoms with E-state index in [0.717, 1.165) is 0 Å². The molecule has 11 heteroatoms. The average Bonchev–Trinajstić information content (AvgIpc) is 3.32. The first-order valence-electron chi connectivity index (χ1n) is 8.99. The van der Waals surface area contributed by atoms with E-state index in [1.54, 1.807) is 12.3 Å². The summed E-state index contributed by atoms with van der Waals surface area (Å²) in [5.74, 6) is -0.844. The van der Waals surface area contributed by atoms with Gasteiger partial charge >= 0.3 is 5.97 Å². The Labute approximate surface area is 177 Å². The van der Waals surface area contributed by atoms with E-state index in [0.29, 0.717) is 28.7 Å². The minimum absolute atomic E-state index is 0.0146. The van der Waals surface area contributed by atoms with Crippen LogP contribution in [0.4, 0.5) is 5.13 Å². The number of carbonyl (C=O) groups is 2. The van der Waals surface area contributed by atoms with Crippen molar-refractivity contribution in [3.8, 4) is 0 Å². The van der Waals surface area contributed by atoms with Crippen LogP contribution in [-0.2, 0) is 30.8 Å². The van der Waals surface area contributed by atoms with E-state index in [4.69, 9.17) is 16.3 Å². The highest BCUT2D eigenvalue weighted by atomic mass is 35.5. The van der Waals surface area contributed by atoms with Gasteiger partial charge in [-0.05, 0) is 44.0 Å². The molecule has 1 aromatic carbocycles. The molecule has 8 nitrogen and oxygen atoms in total. The van der Waals surface area contributed by atoms with Crippen molar-refractivity contribution in [3.63, 3.8) is 0 Å². The largest absolute Gasteiger partial charge is 0.466 e. The fraction of sp³-hybridized carbons (Fsp3) is 0.389. The van der Waals surface area contributed by atoms with Gasteiger partial charge in [-0.2, -0.15) is 4.31 Å². The molecule has 0 spiro atoms. The second-order valence-corrected chi connectivity index (χ2v) is 9.53. The third kappa shape index (κ3) is 5.13. The van der Waals surface area contributed by atoms with Gasteiger partial charge in [-0.1, -0.05) is 11.6 Å². The highest BCUT2D eigenvalue weighted by molar-refractivity contribution is 7.89. The quantitative estimate of drug-likeness (QED) is 0.641. The first kappa shape index (κ1) is 21.7. The predicted octanol–water partition coefficient (Wildman–Crippen LogP) is 2.69. The van der Waals surface area contributed by atoms with Crippen molar-refractivity contribution in [1.29, 1.82) is 0 Å². The van der Waals surface area contributed by atoms with Gasteiger partial charge in [-0.15, -0.1) is 11.3 Å². The highest BCUT2D eigenvalue weighted by Gasteiger charge is 2.39. The molecule has 1 aliphatic rings. The number of thiazole rings is 1. The summed E-state index contributed by atoms with van der Waals surface area (Å²) in [5, 5.41) is 5.06. The predicted molar refractivity (Wildman–Crippen MR) is 109 cm³/mol. The number of benzene rings is 1. The van der Waals surface area contributed by atoms with Crippen molar-refractivity contribution in [1.82, 2.24) is 9.29 Å². The molecule has 0 saturated carbocycles. The van der Waals surface area contributed by atoms with Crippen LogP contribution in [0, 0.1) is 0 Å². The second kappa shape index (κ2) is 9.21. The average molecular weight is 458 g/mol. The Balaban J connectivity index is 1.70. The molecule has 0 bridgehead atoms. The second-order valence-electron chi connectivity index (χ2n) is 6.34. The lowest BCUT2D eigenvalue weighted by atomic mass is 10.2. The molecule has 1 unspecified atom stereocenters. The maximum Gasteiger partial charge on any atom is 0.311 e. The monoisotopic (exact) mass is 457 g/mol. The lowest BCUT2D eigenvalue weighted by Gasteiger charge is -2.23. The number of ether oxygens (including phenoxy) is 1. The molecule has 0 radical (unpaired) electrons. The van der Waals surface area contributed by atoms with E-state index in [2.05, 4.69) is 10.3 Å². The van der Waals surface area contributed by atoms with Crippen LogP contribution in [0.15, 0.2) is 34.5 Å². The summed E-state index contributed by atoms with van der Waals surface area (Å²) in [4.78, 5) is 28.6. The Kier molecular flexibility index (Phi) is 6.89. The molecule has 1 N–H and O–H groups in total. The van der Waals surface area contributed by atoms with E-state index >= 15 is 0 Å². The highest BCUT2D eigenvalue weighted by Crippen LogP contribution is 2.28. The number of nitrogens with one attached hydrogen (secondary N) is 1. The van der Waals surface area contributed by atoms with Crippen LogP contribution in [0.3, 0.4) is 0 Å². The smallest absolute Gasteiger partial charge is 0.311 e. The van der Waals surface area contributed by atoms with Crippen LogP contribution in [0.1, 0.15) is 25.5 Å². The zero-order valence-electron chi connectivity index (χ0n) is 15.6. The lowest BCUT2D eigenvalue weighted by molar-refractivity contribution is -0.142. The molecule has 1 saturated heterocycles. The number of aromatic nitrogens is 1. The Hall–Kier alpha value is -2.01. The van der Waals surface area contributed by atoms with Crippen molar-refractivity contribution in [2.24, 2.45) is 0 Å². The molecule has 2 aromatic rings. The summed E-state index contributed by atoms with van der Waals surface area (Å²) in [5.41, 5.74) is 0.487. The molecule has 156 valence electrons. The third-order valence-electron chi connectivity index (χ3n) is 4.34. The van der Waals surface area contributed by atoms with E-state index < -0.39 is 27.9 Å². The number of rotatable bonds is 7. The van der Waals surface area contributed by atoms with E-state index in [9.17, 15) is 18.0 Å². The molecule has 29 heavy (non-hydrogen) atoms. The number of hydrogen-bond acceptors (Lipinski definition) is 7. The summed E-state index contributed by atoms with van der Waals surface area (Å²) in [6.07, 6.45) is 1.01. The van der Waals surface area contributed by atoms with Crippen LogP contribution >= 0.6 is 22.9 Å². The molecular weight excluding hydrogens is 438 g/mol. The molecule has 0 aliphatic carbocycles. The standard InChI is InChI=1S/C18H20ClN3O5S2/c1-2-27-16(23)10-13-11-28-18(20-13)21-17(24)15-4-3-9-22(15)29(25,26)14-7-5-12(19)6-8-14/h5-8,11,15H,2-4,9-10H2,1H3,(H,20,21,24). The molecule has 1 aliphatic heterocycles. The molecule has 1 fully saturated rings. The zero-order valence-corrected chi connectivity index (χ0v) is 18.0. The van der Waals surface area contributed by atoms with Gasteiger partial charge in [0.15, 0.2) is 5.13 Å². The molecule has 1 atom stereocenters. The van der Waals surface area contributed by atoms with Crippen LogP contribution in [0.5, 0.6) is 0 Å². The Morgan fingerprint density at radius 1 is 1.34 bits per heavy atom.